The second kappa shape index (κ2) is 7.09. The fourth-order valence-electron chi connectivity index (χ4n) is 2.52. The van der Waals surface area contributed by atoms with E-state index in [0.717, 1.165) is 11.3 Å². The van der Waals surface area contributed by atoms with Crippen LogP contribution in [0, 0.1) is 0 Å². The molecule has 0 saturated heterocycles. The van der Waals surface area contributed by atoms with Crippen molar-refractivity contribution in [2.75, 3.05) is 0 Å². The Labute approximate surface area is 154 Å². The van der Waals surface area contributed by atoms with Gasteiger partial charge in [-0.3, -0.25) is 4.98 Å². The average Bonchev–Trinajstić information content (AvgIpc) is 3.20. The highest BCUT2D eigenvalue weighted by Gasteiger charge is 2.08. The minimum absolute atomic E-state index is 0.232. The molecule has 0 atom stereocenters. The van der Waals surface area contributed by atoms with Gasteiger partial charge >= 0.3 is 5.97 Å². The molecule has 0 bridgehead atoms. The molecule has 0 aliphatic carbocycles. The zero-order valence-electron chi connectivity index (χ0n) is 14.1. The molecule has 0 aliphatic heterocycles. The predicted octanol–water partition coefficient (Wildman–Crippen LogP) is 3.82. The molecule has 2 aromatic carbocycles. The molecule has 7 nitrogen and oxygen atoms in total. The maximum Gasteiger partial charge on any atom is 0.335 e. The van der Waals surface area contributed by atoms with E-state index in [4.69, 9.17) is 9.84 Å². The monoisotopic (exact) mass is 358 g/mol. The number of aromatic carboxylic acids is 1. The van der Waals surface area contributed by atoms with Gasteiger partial charge in [0.15, 0.2) is 0 Å². The summed E-state index contributed by atoms with van der Waals surface area (Å²) in [5.41, 5.74) is 2.51. The molecule has 0 spiro atoms. The van der Waals surface area contributed by atoms with Crippen LogP contribution in [0.4, 0.5) is 0 Å². The molecule has 0 saturated carbocycles. The van der Waals surface area contributed by atoms with Gasteiger partial charge in [-0.15, -0.1) is 5.10 Å². The first-order chi connectivity index (χ1) is 13.2. The zero-order chi connectivity index (χ0) is 18.6. The van der Waals surface area contributed by atoms with Gasteiger partial charge in [0.25, 0.3) is 0 Å². The molecule has 0 aliphatic rings. The number of nitrogens with zero attached hydrogens (tertiary/aromatic N) is 4. The molecule has 0 amide bonds. The summed E-state index contributed by atoms with van der Waals surface area (Å²) in [5, 5.41) is 17.3. The third-order valence-corrected chi connectivity index (χ3v) is 3.89. The first kappa shape index (κ1) is 16.5. The molecule has 1 N–H and O–H groups in total. The van der Waals surface area contributed by atoms with Crippen LogP contribution in [0.3, 0.4) is 0 Å². The van der Waals surface area contributed by atoms with Gasteiger partial charge in [0.1, 0.15) is 17.2 Å². The standard InChI is InChI=1S/C20H14N4O3/c25-20(26)15-5-3-14(4-6-15)19-13-24(23-22-19)16-7-9-17(10-8-16)27-18-2-1-11-21-12-18/h1-13H,(H,25,26). The first-order valence-electron chi connectivity index (χ1n) is 8.13. The minimum atomic E-state index is -0.959. The second-order valence-corrected chi connectivity index (χ2v) is 5.72. The van der Waals surface area contributed by atoms with Crippen LogP contribution >= 0.6 is 0 Å². The van der Waals surface area contributed by atoms with Crippen LogP contribution in [-0.2, 0) is 0 Å². The number of aromatic nitrogens is 4. The molecule has 2 aromatic heterocycles. The van der Waals surface area contributed by atoms with E-state index >= 15 is 0 Å². The summed E-state index contributed by atoms with van der Waals surface area (Å²) in [4.78, 5) is 14.9. The predicted molar refractivity (Wildman–Crippen MR) is 98.1 cm³/mol. The SMILES string of the molecule is O=C(O)c1ccc(-c2cn(-c3ccc(Oc4cccnc4)cc3)nn2)cc1. The Morgan fingerprint density at radius 1 is 0.963 bits per heavy atom. The summed E-state index contributed by atoms with van der Waals surface area (Å²) in [6, 6.07) is 17.6. The number of carboxylic acids is 1. The van der Waals surface area contributed by atoms with Crippen molar-refractivity contribution in [3.63, 3.8) is 0 Å². The largest absolute Gasteiger partial charge is 0.478 e. The normalized spacial score (nSPS) is 10.5. The maximum atomic E-state index is 10.9. The van der Waals surface area contributed by atoms with Crippen molar-refractivity contribution >= 4 is 5.97 Å². The fraction of sp³-hybridized carbons (Fsp3) is 0. The molecule has 4 rings (SSSR count). The number of rotatable bonds is 5. The molecular formula is C20H14N4O3. The number of pyridine rings is 1. The Bertz CT molecular complexity index is 1060. The second-order valence-electron chi connectivity index (χ2n) is 5.72. The van der Waals surface area contributed by atoms with E-state index in [1.165, 1.54) is 0 Å². The molecular weight excluding hydrogens is 344 g/mol. The molecule has 7 heteroatoms. The van der Waals surface area contributed by atoms with Crippen molar-refractivity contribution in [2.45, 2.75) is 0 Å². The molecule has 27 heavy (non-hydrogen) atoms. The highest BCUT2D eigenvalue weighted by Crippen LogP contribution is 2.23. The van der Waals surface area contributed by atoms with Gasteiger partial charge in [0, 0.05) is 11.8 Å². The Balaban J connectivity index is 1.52. The summed E-state index contributed by atoms with van der Waals surface area (Å²) in [6.45, 7) is 0. The molecule has 132 valence electrons. The van der Waals surface area contributed by atoms with Crippen molar-refractivity contribution < 1.29 is 14.6 Å². The lowest BCUT2D eigenvalue weighted by Gasteiger charge is -2.06. The van der Waals surface area contributed by atoms with E-state index in [9.17, 15) is 4.79 Å². The third-order valence-electron chi connectivity index (χ3n) is 3.89. The van der Waals surface area contributed by atoms with Crippen LogP contribution in [0.5, 0.6) is 11.5 Å². The van der Waals surface area contributed by atoms with Crippen LogP contribution in [0.25, 0.3) is 16.9 Å². The number of hydrogen-bond donors (Lipinski definition) is 1. The molecule has 0 fully saturated rings. The van der Waals surface area contributed by atoms with Gasteiger partial charge in [-0.05, 0) is 48.5 Å². The lowest BCUT2D eigenvalue weighted by atomic mass is 10.1. The topological polar surface area (TPSA) is 90.1 Å². The van der Waals surface area contributed by atoms with Gasteiger partial charge in [-0.2, -0.15) is 0 Å². The Morgan fingerprint density at radius 3 is 2.41 bits per heavy atom. The number of carboxylic acid groups (broad SMARTS) is 1. The first-order valence-corrected chi connectivity index (χ1v) is 8.13. The third kappa shape index (κ3) is 3.67. The van der Waals surface area contributed by atoms with Crippen LogP contribution in [-0.4, -0.2) is 31.1 Å². The highest BCUT2D eigenvalue weighted by atomic mass is 16.5. The Morgan fingerprint density at radius 2 is 1.74 bits per heavy atom. The summed E-state index contributed by atoms with van der Waals surface area (Å²) in [6.07, 6.45) is 5.12. The van der Waals surface area contributed by atoms with Gasteiger partial charge in [-0.25, -0.2) is 9.48 Å². The van der Waals surface area contributed by atoms with Gasteiger partial charge in [0.05, 0.1) is 23.6 Å². The highest BCUT2D eigenvalue weighted by molar-refractivity contribution is 5.88. The van der Waals surface area contributed by atoms with Crippen molar-refractivity contribution in [1.29, 1.82) is 0 Å². The lowest BCUT2D eigenvalue weighted by Crippen LogP contribution is -1.95. The van der Waals surface area contributed by atoms with Crippen LogP contribution in [0.1, 0.15) is 10.4 Å². The van der Waals surface area contributed by atoms with Gasteiger partial charge in [-0.1, -0.05) is 17.3 Å². The van der Waals surface area contributed by atoms with Crippen molar-refractivity contribution in [2.24, 2.45) is 0 Å². The lowest BCUT2D eigenvalue weighted by molar-refractivity contribution is 0.0697. The smallest absolute Gasteiger partial charge is 0.335 e. The summed E-state index contributed by atoms with van der Waals surface area (Å²) < 4.78 is 7.37. The van der Waals surface area contributed by atoms with Gasteiger partial charge < -0.3 is 9.84 Å². The van der Waals surface area contributed by atoms with Crippen LogP contribution in [0.2, 0.25) is 0 Å². The molecule has 0 radical (unpaired) electrons. The summed E-state index contributed by atoms with van der Waals surface area (Å²) in [7, 11) is 0. The Kier molecular flexibility index (Phi) is 4.32. The van der Waals surface area contributed by atoms with Gasteiger partial charge in [0.2, 0.25) is 0 Å². The van der Waals surface area contributed by atoms with Crippen molar-refractivity contribution in [3.05, 3.63) is 84.8 Å². The van der Waals surface area contributed by atoms with Crippen LogP contribution < -0.4 is 4.74 Å². The van der Waals surface area contributed by atoms with Crippen LogP contribution in [0.15, 0.2) is 79.3 Å². The number of benzene rings is 2. The van der Waals surface area contributed by atoms with E-state index in [-0.39, 0.29) is 5.56 Å². The number of ether oxygens (including phenoxy) is 1. The van der Waals surface area contributed by atoms with Crippen molar-refractivity contribution in [3.8, 4) is 28.4 Å². The number of carbonyl (C=O) groups is 1. The average molecular weight is 358 g/mol. The molecule has 0 unspecified atom stereocenters. The number of hydrogen-bond acceptors (Lipinski definition) is 5. The Hall–Kier alpha value is -4.00. The van der Waals surface area contributed by atoms with E-state index in [2.05, 4.69) is 15.3 Å². The minimum Gasteiger partial charge on any atom is -0.478 e. The summed E-state index contributed by atoms with van der Waals surface area (Å²) >= 11 is 0. The maximum absolute atomic E-state index is 10.9. The van der Waals surface area contributed by atoms with E-state index < -0.39 is 5.97 Å². The molecule has 2 heterocycles. The fourth-order valence-corrected chi connectivity index (χ4v) is 2.52. The zero-order valence-corrected chi connectivity index (χ0v) is 14.1. The quantitative estimate of drug-likeness (QED) is 0.583. The van der Waals surface area contributed by atoms with E-state index in [1.807, 2.05) is 36.4 Å². The van der Waals surface area contributed by atoms with Crippen molar-refractivity contribution in [1.82, 2.24) is 20.0 Å². The summed E-state index contributed by atoms with van der Waals surface area (Å²) in [5.74, 6) is 0.397. The van der Waals surface area contributed by atoms with E-state index in [1.54, 1.807) is 47.5 Å². The molecule has 4 aromatic rings. The van der Waals surface area contributed by atoms with E-state index in [0.29, 0.717) is 17.2 Å².